The number of pyridine rings is 1. The van der Waals surface area contributed by atoms with Gasteiger partial charge in [0.05, 0.1) is 0 Å². The summed E-state index contributed by atoms with van der Waals surface area (Å²) in [5.41, 5.74) is 2.71. The standard InChI is InChI=1S/C13H12ClNO/c1-15-8-2-3-12(13(15)16)11-6-4-10(9-14)5-7-11/h2-8H,9H2,1H3. The summed E-state index contributed by atoms with van der Waals surface area (Å²) in [6.07, 6.45) is 1.75. The second-order valence-electron chi connectivity index (χ2n) is 3.67. The van der Waals surface area contributed by atoms with Crippen LogP contribution in [0.3, 0.4) is 0 Å². The molecule has 1 aromatic carbocycles. The average Bonchev–Trinajstić information content (AvgIpc) is 2.33. The van der Waals surface area contributed by atoms with Crippen LogP contribution in [0.1, 0.15) is 5.56 Å². The fraction of sp³-hybridized carbons (Fsp3) is 0.154. The van der Waals surface area contributed by atoms with E-state index >= 15 is 0 Å². The van der Waals surface area contributed by atoms with Gasteiger partial charge in [0, 0.05) is 24.7 Å². The van der Waals surface area contributed by atoms with Crippen LogP contribution in [0.15, 0.2) is 47.4 Å². The van der Waals surface area contributed by atoms with E-state index in [1.807, 2.05) is 36.4 Å². The molecule has 16 heavy (non-hydrogen) atoms. The topological polar surface area (TPSA) is 22.0 Å². The molecule has 2 nitrogen and oxygen atoms in total. The van der Waals surface area contributed by atoms with Gasteiger partial charge in [-0.05, 0) is 23.3 Å². The maximum absolute atomic E-state index is 11.9. The number of hydrogen-bond donors (Lipinski definition) is 0. The molecule has 3 heteroatoms. The summed E-state index contributed by atoms with van der Waals surface area (Å²) >= 11 is 5.72. The van der Waals surface area contributed by atoms with Crippen molar-refractivity contribution in [2.75, 3.05) is 0 Å². The second kappa shape index (κ2) is 4.54. The Kier molecular flexibility index (Phi) is 3.11. The van der Waals surface area contributed by atoms with Crippen LogP contribution >= 0.6 is 11.6 Å². The summed E-state index contributed by atoms with van der Waals surface area (Å²) in [5, 5.41) is 0. The smallest absolute Gasteiger partial charge is 0.258 e. The number of aryl methyl sites for hydroxylation is 1. The van der Waals surface area contributed by atoms with Crippen molar-refractivity contribution in [3.05, 3.63) is 58.5 Å². The molecule has 0 bridgehead atoms. The molecule has 2 rings (SSSR count). The molecule has 0 saturated heterocycles. The van der Waals surface area contributed by atoms with E-state index in [-0.39, 0.29) is 5.56 Å². The minimum absolute atomic E-state index is 0.0149. The third-order valence-corrected chi connectivity index (χ3v) is 2.85. The fourth-order valence-corrected chi connectivity index (χ4v) is 1.77. The molecule has 0 N–H and O–H groups in total. The fourth-order valence-electron chi connectivity index (χ4n) is 1.59. The van der Waals surface area contributed by atoms with Gasteiger partial charge in [0.2, 0.25) is 0 Å². The van der Waals surface area contributed by atoms with E-state index in [0.717, 1.165) is 11.1 Å². The maximum Gasteiger partial charge on any atom is 0.258 e. The minimum atomic E-state index is 0.0149. The molecule has 0 radical (unpaired) electrons. The molecule has 1 aromatic heterocycles. The Labute approximate surface area is 99.1 Å². The highest BCUT2D eigenvalue weighted by molar-refractivity contribution is 6.17. The molecule has 0 amide bonds. The van der Waals surface area contributed by atoms with Gasteiger partial charge in [0.1, 0.15) is 0 Å². The second-order valence-corrected chi connectivity index (χ2v) is 3.94. The third kappa shape index (κ3) is 2.02. The van der Waals surface area contributed by atoms with Gasteiger partial charge in [0.15, 0.2) is 0 Å². The van der Waals surface area contributed by atoms with E-state index in [9.17, 15) is 4.79 Å². The van der Waals surface area contributed by atoms with Gasteiger partial charge in [-0.15, -0.1) is 11.6 Å². The lowest BCUT2D eigenvalue weighted by molar-refractivity contribution is 0.863. The molecule has 0 aliphatic carbocycles. The molecule has 2 aromatic rings. The van der Waals surface area contributed by atoms with Crippen molar-refractivity contribution in [2.24, 2.45) is 7.05 Å². The van der Waals surface area contributed by atoms with Crippen molar-refractivity contribution in [3.8, 4) is 11.1 Å². The van der Waals surface area contributed by atoms with Crippen LogP contribution in [0.5, 0.6) is 0 Å². The van der Waals surface area contributed by atoms with Gasteiger partial charge >= 0.3 is 0 Å². The molecule has 0 aliphatic heterocycles. The highest BCUT2D eigenvalue weighted by atomic mass is 35.5. The van der Waals surface area contributed by atoms with Crippen LogP contribution in [0.4, 0.5) is 0 Å². The number of rotatable bonds is 2. The molecular weight excluding hydrogens is 222 g/mol. The van der Waals surface area contributed by atoms with E-state index in [4.69, 9.17) is 11.6 Å². The van der Waals surface area contributed by atoms with E-state index in [1.54, 1.807) is 17.8 Å². The summed E-state index contributed by atoms with van der Waals surface area (Å²) < 4.78 is 1.57. The van der Waals surface area contributed by atoms with Crippen LogP contribution in [-0.2, 0) is 12.9 Å². The van der Waals surface area contributed by atoms with E-state index < -0.39 is 0 Å². The van der Waals surface area contributed by atoms with Crippen LogP contribution in [0.25, 0.3) is 11.1 Å². The molecule has 0 fully saturated rings. The van der Waals surface area contributed by atoms with Crippen molar-refractivity contribution in [1.82, 2.24) is 4.57 Å². The Morgan fingerprint density at radius 2 is 1.88 bits per heavy atom. The quantitative estimate of drug-likeness (QED) is 0.732. The van der Waals surface area contributed by atoms with Crippen molar-refractivity contribution in [3.63, 3.8) is 0 Å². The van der Waals surface area contributed by atoms with E-state index in [0.29, 0.717) is 11.4 Å². The largest absolute Gasteiger partial charge is 0.318 e. The number of hydrogen-bond acceptors (Lipinski definition) is 1. The SMILES string of the molecule is Cn1cccc(-c2ccc(CCl)cc2)c1=O. The van der Waals surface area contributed by atoms with E-state index in [1.165, 1.54) is 0 Å². The molecule has 0 unspecified atom stereocenters. The molecule has 0 aliphatic rings. The molecule has 1 heterocycles. The molecule has 0 spiro atoms. The first-order valence-corrected chi connectivity index (χ1v) is 5.57. The van der Waals surface area contributed by atoms with Crippen LogP contribution in [-0.4, -0.2) is 4.57 Å². The summed E-state index contributed by atoms with van der Waals surface area (Å²) in [4.78, 5) is 11.9. The normalized spacial score (nSPS) is 10.4. The van der Waals surface area contributed by atoms with Crippen molar-refractivity contribution in [2.45, 2.75) is 5.88 Å². The number of nitrogens with zero attached hydrogens (tertiary/aromatic N) is 1. The predicted molar refractivity (Wildman–Crippen MR) is 66.7 cm³/mol. The van der Waals surface area contributed by atoms with Crippen molar-refractivity contribution >= 4 is 11.6 Å². The average molecular weight is 234 g/mol. The number of halogens is 1. The van der Waals surface area contributed by atoms with Gasteiger partial charge in [0.25, 0.3) is 5.56 Å². The molecule has 0 saturated carbocycles. The van der Waals surface area contributed by atoms with Crippen LogP contribution in [0, 0.1) is 0 Å². The van der Waals surface area contributed by atoms with Crippen molar-refractivity contribution < 1.29 is 0 Å². The monoisotopic (exact) mass is 233 g/mol. The summed E-state index contributed by atoms with van der Waals surface area (Å²) in [5.74, 6) is 0.493. The van der Waals surface area contributed by atoms with Gasteiger partial charge in [-0.1, -0.05) is 24.3 Å². The first kappa shape index (κ1) is 11.0. The summed E-state index contributed by atoms with van der Waals surface area (Å²) in [7, 11) is 1.75. The Bertz CT molecular complexity index is 543. The number of alkyl halides is 1. The Morgan fingerprint density at radius 3 is 2.50 bits per heavy atom. The first-order chi connectivity index (χ1) is 7.72. The van der Waals surface area contributed by atoms with Crippen molar-refractivity contribution in [1.29, 1.82) is 0 Å². The zero-order valence-electron chi connectivity index (χ0n) is 8.98. The number of benzene rings is 1. The minimum Gasteiger partial charge on any atom is -0.318 e. The Balaban J connectivity index is 2.51. The number of aromatic nitrogens is 1. The zero-order chi connectivity index (χ0) is 11.5. The molecule has 0 atom stereocenters. The van der Waals surface area contributed by atoms with Gasteiger partial charge in [-0.25, -0.2) is 0 Å². The highest BCUT2D eigenvalue weighted by Gasteiger charge is 2.03. The third-order valence-electron chi connectivity index (χ3n) is 2.54. The summed E-state index contributed by atoms with van der Waals surface area (Å²) in [6, 6.07) is 11.4. The van der Waals surface area contributed by atoms with Crippen LogP contribution < -0.4 is 5.56 Å². The zero-order valence-corrected chi connectivity index (χ0v) is 9.74. The lowest BCUT2D eigenvalue weighted by atomic mass is 10.1. The molecular formula is C13H12ClNO. The lowest BCUT2D eigenvalue weighted by Crippen LogP contribution is -2.17. The summed E-state index contributed by atoms with van der Waals surface area (Å²) in [6.45, 7) is 0. The Morgan fingerprint density at radius 1 is 1.19 bits per heavy atom. The first-order valence-electron chi connectivity index (χ1n) is 5.03. The highest BCUT2D eigenvalue weighted by Crippen LogP contribution is 2.16. The Hall–Kier alpha value is -1.54. The predicted octanol–water partition coefficient (Wildman–Crippen LogP) is 2.79. The van der Waals surface area contributed by atoms with Crippen LogP contribution in [0.2, 0.25) is 0 Å². The lowest BCUT2D eigenvalue weighted by Gasteiger charge is -2.04. The maximum atomic E-state index is 11.9. The van der Waals surface area contributed by atoms with Gasteiger partial charge < -0.3 is 4.57 Å². The van der Waals surface area contributed by atoms with Gasteiger partial charge in [-0.2, -0.15) is 0 Å². The van der Waals surface area contributed by atoms with Gasteiger partial charge in [-0.3, -0.25) is 4.79 Å². The molecule has 82 valence electrons. The van der Waals surface area contributed by atoms with E-state index in [2.05, 4.69) is 0 Å².